The lowest BCUT2D eigenvalue weighted by molar-refractivity contribution is -0.128. The summed E-state index contributed by atoms with van der Waals surface area (Å²) < 4.78 is 11.7. The van der Waals surface area contributed by atoms with Crippen molar-refractivity contribution in [3.05, 3.63) is 45.8 Å². The van der Waals surface area contributed by atoms with Crippen molar-refractivity contribution in [1.82, 2.24) is 4.90 Å². The Labute approximate surface area is 151 Å². The summed E-state index contributed by atoms with van der Waals surface area (Å²) in [6.07, 6.45) is 4.60. The molecule has 0 aliphatic carbocycles. The SMILES string of the molecule is CCC1(c2ccc(Cl)cc2)CCN(C(=O)C2=C[S@](=O)CCC2)CC1. The van der Waals surface area contributed by atoms with Crippen molar-refractivity contribution in [2.24, 2.45) is 0 Å². The average Bonchev–Trinajstić information content (AvgIpc) is 2.62. The van der Waals surface area contributed by atoms with Crippen molar-refractivity contribution in [3.63, 3.8) is 0 Å². The molecule has 24 heavy (non-hydrogen) atoms. The minimum Gasteiger partial charge on any atom is -0.339 e. The Morgan fingerprint density at radius 3 is 2.50 bits per heavy atom. The van der Waals surface area contributed by atoms with Crippen LogP contribution in [-0.2, 0) is 21.0 Å². The lowest BCUT2D eigenvalue weighted by atomic mass is 9.71. The van der Waals surface area contributed by atoms with Crippen LogP contribution >= 0.6 is 11.6 Å². The van der Waals surface area contributed by atoms with E-state index < -0.39 is 10.8 Å². The summed E-state index contributed by atoms with van der Waals surface area (Å²) in [5, 5.41) is 2.43. The third kappa shape index (κ3) is 3.60. The number of hydrogen-bond acceptors (Lipinski definition) is 2. The van der Waals surface area contributed by atoms with Gasteiger partial charge in [0, 0.05) is 45.6 Å². The highest BCUT2D eigenvalue weighted by molar-refractivity contribution is 7.88. The van der Waals surface area contributed by atoms with E-state index in [1.165, 1.54) is 5.56 Å². The molecular weight excluding hydrogens is 342 g/mol. The summed E-state index contributed by atoms with van der Waals surface area (Å²) in [6, 6.07) is 8.15. The number of benzene rings is 1. The fourth-order valence-electron chi connectivity index (χ4n) is 3.83. The first-order valence-corrected chi connectivity index (χ1v) is 10.4. The molecule has 2 heterocycles. The molecule has 3 rings (SSSR count). The van der Waals surface area contributed by atoms with E-state index in [-0.39, 0.29) is 11.3 Å². The summed E-state index contributed by atoms with van der Waals surface area (Å²) >= 11 is 6.02. The van der Waals surface area contributed by atoms with Crippen LogP contribution in [-0.4, -0.2) is 33.9 Å². The second-order valence-corrected chi connectivity index (χ2v) is 8.61. The smallest absolute Gasteiger partial charge is 0.250 e. The normalized spacial score (nSPS) is 23.7. The number of amides is 1. The molecule has 0 unspecified atom stereocenters. The van der Waals surface area contributed by atoms with Crippen molar-refractivity contribution in [1.29, 1.82) is 0 Å². The number of rotatable bonds is 3. The lowest BCUT2D eigenvalue weighted by Gasteiger charge is -2.42. The number of nitrogens with zero attached hydrogens (tertiary/aromatic N) is 1. The summed E-state index contributed by atoms with van der Waals surface area (Å²) in [6.45, 7) is 3.75. The summed E-state index contributed by atoms with van der Waals surface area (Å²) in [7, 11) is -0.966. The van der Waals surface area contributed by atoms with E-state index in [1.807, 2.05) is 17.0 Å². The van der Waals surface area contributed by atoms with Crippen LogP contribution in [0.1, 0.15) is 44.6 Å². The second kappa shape index (κ2) is 7.40. The highest BCUT2D eigenvalue weighted by atomic mass is 35.5. The quantitative estimate of drug-likeness (QED) is 0.810. The summed E-state index contributed by atoms with van der Waals surface area (Å²) in [4.78, 5) is 14.6. The van der Waals surface area contributed by atoms with Gasteiger partial charge in [0.05, 0.1) is 0 Å². The number of piperidine rings is 1. The Bertz CT molecular complexity index is 660. The first-order chi connectivity index (χ1) is 11.5. The van der Waals surface area contributed by atoms with E-state index in [4.69, 9.17) is 11.6 Å². The highest BCUT2D eigenvalue weighted by Crippen LogP contribution is 2.39. The summed E-state index contributed by atoms with van der Waals surface area (Å²) in [5.41, 5.74) is 2.19. The number of carbonyl (C=O) groups excluding carboxylic acids is 1. The van der Waals surface area contributed by atoms with Gasteiger partial charge in [-0.15, -0.1) is 0 Å². The fraction of sp³-hybridized carbons (Fsp3) is 0.526. The number of hydrogen-bond donors (Lipinski definition) is 0. The van der Waals surface area contributed by atoms with Crippen LogP contribution < -0.4 is 0 Å². The molecule has 1 saturated heterocycles. The molecule has 1 amide bonds. The van der Waals surface area contributed by atoms with Gasteiger partial charge >= 0.3 is 0 Å². The number of halogens is 1. The molecule has 3 nitrogen and oxygen atoms in total. The largest absolute Gasteiger partial charge is 0.339 e. The van der Waals surface area contributed by atoms with Crippen LogP contribution in [0.15, 0.2) is 35.2 Å². The first kappa shape index (κ1) is 17.7. The van der Waals surface area contributed by atoms with Gasteiger partial charge in [0.15, 0.2) is 0 Å². The number of carbonyl (C=O) groups is 1. The minimum absolute atomic E-state index is 0.0869. The van der Waals surface area contributed by atoms with Gasteiger partial charge in [-0.1, -0.05) is 30.7 Å². The van der Waals surface area contributed by atoms with E-state index >= 15 is 0 Å². The highest BCUT2D eigenvalue weighted by Gasteiger charge is 2.36. The molecule has 5 heteroatoms. The zero-order valence-electron chi connectivity index (χ0n) is 14.1. The molecule has 0 radical (unpaired) electrons. The Hall–Kier alpha value is -1.13. The Kier molecular flexibility index (Phi) is 5.46. The van der Waals surface area contributed by atoms with E-state index in [9.17, 15) is 9.00 Å². The zero-order chi connectivity index (χ0) is 17.2. The third-order valence-electron chi connectivity index (χ3n) is 5.48. The fourth-order valence-corrected chi connectivity index (χ4v) is 5.04. The molecule has 0 aromatic heterocycles. The Balaban J connectivity index is 1.71. The molecule has 1 fully saturated rings. The second-order valence-electron chi connectivity index (χ2n) is 6.76. The lowest BCUT2D eigenvalue weighted by Crippen LogP contribution is -2.45. The maximum atomic E-state index is 12.7. The predicted octanol–water partition coefficient (Wildman–Crippen LogP) is 4.04. The topological polar surface area (TPSA) is 37.4 Å². The molecule has 0 saturated carbocycles. The van der Waals surface area contributed by atoms with Gasteiger partial charge in [-0.05, 0) is 55.2 Å². The predicted molar refractivity (Wildman–Crippen MR) is 99.6 cm³/mol. The average molecular weight is 366 g/mol. The molecule has 0 bridgehead atoms. The van der Waals surface area contributed by atoms with Crippen molar-refractivity contribution < 1.29 is 9.00 Å². The van der Waals surface area contributed by atoms with Gasteiger partial charge in [-0.25, -0.2) is 0 Å². The van der Waals surface area contributed by atoms with E-state index in [0.717, 1.165) is 55.8 Å². The van der Waals surface area contributed by atoms with E-state index in [1.54, 1.807) is 5.41 Å². The van der Waals surface area contributed by atoms with Gasteiger partial charge < -0.3 is 4.90 Å². The van der Waals surface area contributed by atoms with Crippen LogP contribution in [0.3, 0.4) is 0 Å². The van der Waals surface area contributed by atoms with Crippen LogP contribution in [0.4, 0.5) is 0 Å². The zero-order valence-corrected chi connectivity index (χ0v) is 15.7. The van der Waals surface area contributed by atoms with Crippen LogP contribution in [0.5, 0.6) is 0 Å². The van der Waals surface area contributed by atoms with Gasteiger partial charge in [-0.3, -0.25) is 9.00 Å². The van der Waals surface area contributed by atoms with Gasteiger partial charge in [-0.2, -0.15) is 0 Å². The third-order valence-corrected chi connectivity index (χ3v) is 6.97. The molecule has 0 spiro atoms. The first-order valence-electron chi connectivity index (χ1n) is 8.67. The molecule has 1 aromatic rings. The van der Waals surface area contributed by atoms with E-state index in [2.05, 4.69) is 19.1 Å². The molecule has 0 N–H and O–H groups in total. The maximum absolute atomic E-state index is 12.7. The monoisotopic (exact) mass is 365 g/mol. The standard InChI is InChI=1S/C19H24ClNO2S/c1-2-19(16-5-7-17(20)8-6-16)9-11-21(12-10-19)18(22)15-4-3-13-24(23)14-15/h5-8,14H,2-4,9-13H2,1H3/t24-/m1/s1. The van der Waals surface area contributed by atoms with E-state index in [0.29, 0.717) is 5.75 Å². The Morgan fingerprint density at radius 2 is 1.92 bits per heavy atom. The maximum Gasteiger partial charge on any atom is 0.250 e. The van der Waals surface area contributed by atoms with Crippen molar-refractivity contribution >= 4 is 28.3 Å². The van der Waals surface area contributed by atoms with Gasteiger partial charge in [0.25, 0.3) is 0 Å². The minimum atomic E-state index is -0.966. The molecule has 2 aliphatic rings. The van der Waals surface area contributed by atoms with Gasteiger partial charge in [0.2, 0.25) is 5.91 Å². The van der Waals surface area contributed by atoms with Gasteiger partial charge in [0.1, 0.15) is 0 Å². The van der Waals surface area contributed by atoms with Crippen molar-refractivity contribution in [2.75, 3.05) is 18.8 Å². The molecule has 2 aliphatic heterocycles. The van der Waals surface area contributed by atoms with Crippen molar-refractivity contribution in [2.45, 2.75) is 44.4 Å². The molecule has 1 atom stereocenters. The summed E-state index contributed by atoms with van der Waals surface area (Å²) in [5.74, 6) is 0.774. The van der Waals surface area contributed by atoms with Crippen LogP contribution in [0, 0.1) is 0 Å². The number of likely N-dealkylation sites (tertiary alicyclic amines) is 1. The molecule has 130 valence electrons. The van der Waals surface area contributed by atoms with Crippen LogP contribution in [0.2, 0.25) is 5.02 Å². The Morgan fingerprint density at radius 1 is 1.25 bits per heavy atom. The molecule has 1 aromatic carbocycles. The van der Waals surface area contributed by atoms with Crippen LogP contribution in [0.25, 0.3) is 0 Å². The van der Waals surface area contributed by atoms with Crippen molar-refractivity contribution in [3.8, 4) is 0 Å². The molecular formula is C19H24ClNO2S.